The van der Waals surface area contributed by atoms with Crippen LogP contribution in [-0.4, -0.2) is 8.75 Å². The van der Waals surface area contributed by atoms with Crippen molar-refractivity contribution in [2.45, 2.75) is 0 Å². The molecule has 0 aliphatic heterocycles. The molecule has 5 aromatic rings. The first-order chi connectivity index (χ1) is 13.9. The molecule has 28 heavy (non-hydrogen) atoms. The lowest BCUT2D eigenvalue weighted by molar-refractivity contribution is 1.28. The summed E-state index contributed by atoms with van der Waals surface area (Å²) in [5.41, 5.74) is 7.61. The van der Waals surface area contributed by atoms with E-state index in [1.54, 1.807) is 0 Å². The van der Waals surface area contributed by atoms with Gasteiger partial charge >= 0.3 is 0 Å². The zero-order valence-corrected chi connectivity index (χ0v) is 15.9. The van der Waals surface area contributed by atoms with E-state index in [-0.39, 0.29) is 0 Å². The summed E-state index contributed by atoms with van der Waals surface area (Å²) in [6.07, 6.45) is 0. The number of rotatable bonds is 4. The molecule has 4 heteroatoms. The molecule has 0 amide bonds. The normalized spacial score (nSPS) is 10.9. The molecule has 0 bridgehead atoms. The van der Waals surface area contributed by atoms with Crippen LogP contribution in [0.1, 0.15) is 0 Å². The second-order valence-corrected chi connectivity index (χ2v) is 7.05. The van der Waals surface area contributed by atoms with Gasteiger partial charge in [-0.05, 0) is 59.7 Å². The lowest BCUT2D eigenvalue weighted by Crippen LogP contribution is -2.09. The summed E-state index contributed by atoms with van der Waals surface area (Å²) in [6.45, 7) is 0. The van der Waals surface area contributed by atoms with Gasteiger partial charge in [-0.1, -0.05) is 54.6 Å². The summed E-state index contributed by atoms with van der Waals surface area (Å²) in [7, 11) is 0. The van der Waals surface area contributed by atoms with Gasteiger partial charge in [0.15, 0.2) is 0 Å². The van der Waals surface area contributed by atoms with Crippen molar-refractivity contribution in [3.8, 4) is 11.1 Å². The Bertz CT molecular complexity index is 1160. The third kappa shape index (κ3) is 3.15. The molecule has 0 saturated heterocycles. The highest BCUT2D eigenvalue weighted by atomic mass is 32.1. The van der Waals surface area contributed by atoms with Crippen molar-refractivity contribution in [1.29, 1.82) is 0 Å². The average molecular weight is 379 g/mol. The maximum absolute atomic E-state index is 4.35. The summed E-state index contributed by atoms with van der Waals surface area (Å²) >= 11 is 1.25. The van der Waals surface area contributed by atoms with Crippen LogP contribution in [0.2, 0.25) is 0 Å². The number of benzene rings is 4. The molecule has 0 unspecified atom stereocenters. The van der Waals surface area contributed by atoms with Crippen molar-refractivity contribution in [3.63, 3.8) is 0 Å². The maximum atomic E-state index is 4.35. The van der Waals surface area contributed by atoms with Crippen LogP contribution in [0, 0.1) is 0 Å². The lowest BCUT2D eigenvalue weighted by Gasteiger charge is -2.25. The summed E-state index contributed by atoms with van der Waals surface area (Å²) in [5.74, 6) is 0. The molecule has 5 rings (SSSR count). The lowest BCUT2D eigenvalue weighted by atomic mass is 10.0. The van der Waals surface area contributed by atoms with Gasteiger partial charge in [0.2, 0.25) is 0 Å². The van der Waals surface area contributed by atoms with Crippen molar-refractivity contribution < 1.29 is 0 Å². The van der Waals surface area contributed by atoms with Crippen LogP contribution in [0.25, 0.3) is 22.2 Å². The van der Waals surface area contributed by atoms with Gasteiger partial charge in [0.25, 0.3) is 0 Å². The SMILES string of the molecule is c1ccc(N(c2ccccc2)c2ccc(-c3ccc4nsnc4c3)cc2)cc1. The number of aromatic nitrogens is 2. The van der Waals surface area contributed by atoms with E-state index in [0.29, 0.717) is 0 Å². The highest BCUT2D eigenvalue weighted by Crippen LogP contribution is 2.35. The summed E-state index contributed by atoms with van der Waals surface area (Å²) in [5, 5.41) is 0. The molecule has 0 saturated carbocycles. The van der Waals surface area contributed by atoms with Crippen LogP contribution in [0.4, 0.5) is 17.1 Å². The molecule has 3 nitrogen and oxygen atoms in total. The fourth-order valence-electron chi connectivity index (χ4n) is 3.37. The van der Waals surface area contributed by atoms with Gasteiger partial charge in [-0.25, -0.2) is 0 Å². The Balaban J connectivity index is 1.55. The smallest absolute Gasteiger partial charge is 0.105 e. The van der Waals surface area contributed by atoms with Crippen LogP contribution in [0.5, 0.6) is 0 Å². The van der Waals surface area contributed by atoms with Crippen molar-refractivity contribution >= 4 is 39.8 Å². The van der Waals surface area contributed by atoms with Crippen LogP contribution in [0.15, 0.2) is 103 Å². The van der Waals surface area contributed by atoms with E-state index in [9.17, 15) is 0 Å². The Morgan fingerprint density at radius 2 is 1.04 bits per heavy atom. The van der Waals surface area contributed by atoms with E-state index < -0.39 is 0 Å². The highest BCUT2D eigenvalue weighted by Gasteiger charge is 2.12. The molecule has 1 aromatic heterocycles. The van der Waals surface area contributed by atoms with Gasteiger partial charge in [-0.15, -0.1) is 0 Å². The van der Waals surface area contributed by atoms with E-state index in [4.69, 9.17) is 0 Å². The molecule has 134 valence electrons. The minimum Gasteiger partial charge on any atom is -0.311 e. The first kappa shape index (κ1) is 16.7. The molecule has 1 heterocycles. The van der Waals surface area contributed by atoms with E-state index in [0.717, 1.165) is 33.7 Å². The predicted octanol–water partition coefficient (Wildman–Crippen LogP) is 6.83. The van der Waals surface area contributed by atoms with Gasteiger partial charge in [-0.3, -0.25) is 0 Å². The minimum absolute atomic E-state index is 0.946. The molecule has 0 atom stereocenters. The molecule has 0 N–H and O–H groups in total. The summed E-state index contributed by atoms with van der Waals surface area (Å²) in [6, 6.07) is 35.7. The molecule has 0 aliphatic carbocycles. The van der Waals surface area contributed by atoms with Gasteiger partial charge < -0.3 is 4.90 Å². The molecular formula is C24H17N3S. The zero-order valence-electron chi connectivity index (χ0n) is 15.1. The van der Waals surface area contributed by atoms with Crippen molar-refractivity contribution in [2.75, 3.05) is 4.90 Å². The number of anilines is 3. The second kappa shape index (κ2) is 7.25. The molecule has 0 fully saturated rings. The largest absolute Gasteiger partial charge is 0.311 e. The first-order valence-corrected chi connectivity index (χ1v) is 9.84. The first-order valence-electron chi connectivity index (χ1n) is 9.11. The van der Waals surface area contributed by atoms with Crippen LogP contribution < -0.4 is 4.90 Å². The van der Waals surface area contributed by atoms with Gasteiger partial charge in [0.05, 0.1) is 11.7 Å². The summed E-state index contributed by atoms with van der Waals surface area (Å²) < 4.78 is 8.63. The third-order valence-electron chi connectivity index (χ3n) is 4.74. The number of hydrogen-bond acceptors (Lipinski definition) is 4. The maximum Gasteiger partial charge on any atom is 0.105 e. The predicted molar refractivity (Wildman–Crippen MR) is 118 cm³/mol. The Morgan fingerprint density at radius 3 is 1.68 bits per heavy atom. The topological polar surface area (TPSA) is 29.0 Å². The third-order valence-corrected chi connectivity index (χ3v) is 5.30. The van der Waals surface area contributed by atoms with E-state index in [1.165, 1.54) is 17.3 Å². The van der Waals surface area contributed by atoms with E-state index in [1.807, 2.05) is 18.2 Å². The van der Waals surface area contributed by atoms with E-state index in [2.05, 4.69) is 98.6 Å². The Labute approximate surface area is 167 Å². The molecule has 4 aromatic carbocycles. The quantitative estimate of drug-likeness (QED) is 0.343. The van der Waals surface area contributed by atoms with Crippen molar-refractivity contribution in [1.82, 2.24) is 8.75 Å². The fraction of sp³-hybridized carbons (Fsp3) is 0. The fourth-order valence-corrected chi connectivity index (χ4v) is 3.88. The molecule has 0 radical (unpaired) electrons. The Morgan fingerprint density at radius 1 is 0.500 bits per heavy atom. The van der Waals surface area contributed by atoms with Crippen LogP contribution in [-0.2, 0) is 0 Å². The number of hydrogen-bond donors (Lipinski definition) is 0. The molecular weight excluding hydrogens is 362 g/mol. The van der Waals surface area contributed by atoms with Crippen molar-refractivity contribution in [2.24, 2.45) is 0 Å². The number of fused-ring (bicyclic) bond motifs is 1. The minimum atomic E-state index is 0.946. The number of nitrogens with zero attached hydrogens (tertiary/aromatic N) is 3. The molecule has 0 spiro atoms. The zero-order chi connectivity index (χ0) is 18.8. The monoisotopic (exact) mass is 379 g/mol. The number of para-hydroxylation sites is 2. The van der Waals surface area contributed by atoms with Gasteiger partial charge in [0, 0.05) is 17.1 Å². The molecule has 0 aliphatic rings. The van der Waals surface area contributed by atoms with Crippen molar-refractivity contribution in [3.05, 3.63) is 103 Å². The van der Waals surface area contributed by atoms with Crippen LogP contribution >= 0.6 is 11.7 Å². The standard InChI is InChI=1S/C24H17N3S/c1-3-7-20(8-4-1)27(21-9-5-2-6-10-21)22-14-11-18(12-15-22)19-13-16-23-24(17-19)26-28-25-23/h1-17H. The Kier molecular flexibility index (Phi) is 4.31. The van der Waals surface area contributed by atoms with E-state index >= 15 is 0 Å². The summed E-state index contributed by atoms with van der Waals surface area (Å²) in [4.78, 5) is 2.26. The second-order valence-electron chi connectivity index (χ2n) is 6.52. The van der Waals surface area contributed by atoms with Crippen LogP contribution in [0.3, 0.4) is 0 Å². The highest BCUT2D eigenvalue weighted by molar-refractivity contribution is 7.00. The average Bonchev–Trinajstić information content (AvgIpc) is 3.24. The van der Waals surface area contributed by atoms with Gasteiger partial charge in [0.1, 0.15) is 11.0 Å². The Hall–Kier alpha value is -3.50. The van der Waals surface area contributed by atoms with Gasteiger partial charge in [-0.2, -0.15) is 8.75 Å².